The highest BCUT2D eigenvalue weighted by Crippen LogP contribution is 2.33. The van der Waals surface area contributed by atoms with Crippen LogP contribution in [0, 0.1) is 0 Å². The zero-order chi connectivity index (χ0) is 14.9. The number of hydrogen-bond acceptors (Lipinski definition) is 3. The van der Waals surface area contributed by atoms with Crippen LogP contribution < -0.4 is 10.1 Å². The molecule has 1 saturated heterocycles. The van der Waals surface area contributed by atoms with Gasteiger partial charge in [0.2, 0.25) is 0 Å². The number of aromatic nitrogens is 2. The Hall–Kier alpha value is -2.02. The maximum absolute atomic E-state index is 12.4. The van der Waals surface area contributed by atoms with Gasteiger partial charge in [0.15, 0.2) is 0 Å². The fourth-order valence-electron chi connectivity index (χ4n) is 2.47. The van der Waals surface area contributed by atoms with E-state index in [1.807, 2.05) is 0 Å². The Morgan fingerprint density at radius 1 is 1.24 bits per heavy atom. The van der Waals surface area contributed by atoms with E-state index in [0.717, 1.165) is 25.2 Å². The van der Waals surface area contributed by atoms with Crippen LogP contribution in [0.25, 0.3) is 11.3 Å². The van der Waals surface area contributed by atoms with Gasteiger partial charge in [0.1, 0.15) is 11.6 Å². The smallest absolute Gasteiger partial charge is 0.405 e. The molecule has 0 unspecified atom stereocenters. The van der Waals surface area contributed by atoms with E-state index in [9.17, 15) is 13.2 Å². The van der Waals surface area contributed by atoms with Gasteiger partial charge in [0.25, 0.3) is 0 Å². The van der Waals surface area contributed by atoms with Crippen LogP contribution in [0.2, 0.25) is 0 Å². The molecule has 0 aliphatic carbocycles. The van der Waals surface area contributed by atoms with Crippen molar-refractivity contribution in [3.8, 4) is 17.0 Å². The van der Waals surface area contributed by atoms with Crippen LogP contribution in [-0.4, -0.2) is 22.9 Å². The third kappa shape index (κ3) is 3.18. The zero-order valence-corrected chi connectivity index (χ0v) is 11.1. The number of alkyl halides is 3. The van der Waals surface area contributed by atoms with E-state index in [1.54, 1.807) is 12.1 Å². The summed E-state index contributed by atoms with van der Waals surface area (Å²) in [7, 11) is 0. The molecule has 0 saturated carbocycles. The van der Waals surface area contributed by atoms with Crippen LogP contribution in [0.4, 0.5) is 13.2 Å². The number of benzene rings is 1. The lowest BCUT2D eigenvalue weighted by molar-refractivity contribution is -0.274. The third-order valence-corrected chi connectivity index (χ3v) is 3.39. The lowest BCUT2D eigenvalue weighted by Gasteiger charge is -2.12. The Labute approximate surface area is 119 Å². The maximum Gasteiger partial charge on any atom is 0.573 e. The van der Waals surface area contributed by atoms with Crippen LogP contribution >= 0.6 is 0 Å². The number of nitrogens with one attached hydrogen (secondary N) is 2. The van der Waals surface area contributed by atoms with Gasteiger partial charge in [-0.05, 0) is 31.5 Å². The van der Waals surface area contributed by atoms with Gasteiger partial charge < -0.3 is 15.0 Å². The van der Waals surface area contributed by atoms with Crippen molar-refractivity contribution in [2.24, 2.45) is 0 Å². The number of hydrogen-bond donors (Lipinski definition) is 2. The lowest BCUT2D eigenvalue weighted by Crippen LogP contribution is -2.17. The van der Waals surface area contributed by atoms with E-state index in [4.69, 9.17) is 0 Å². The summed E-state index contributed by atoms with van der Waals surface area (Å²) in [5.74, 6) is 0.504. The first-order valence-corrected chi connectivity index (χ1v) is 6.66. The van der Waals surface area contributed by atoms with Crippen molar-refractivity contribution in [3.63, 3.8) is 0 Å². The number of nitrogens with zero attached hydrogens (tertiary/aromatic N) is 1. The summed E-state index contributed by atoms with van der Waals surface area (Å²) in [6.07, 6.45) is -1.15. The normalized spacial score (nSPS) is 18.9. The minimum atomic E-state index is -4.72. The minimum absolute atomic E-state index is 0.134. The second kappa shape index (κ2) is 5.40. The van der Waals surface area contributed by atoms with Gasteiger partial charge in [-0.2, -0.15) is 0 Å². The van der Waals surface area contributed by atoms with Crippen molar-refractivity contribution in [2.75, 3.05) is 6.54 Å². The highest BCUT2D eigenvalue weighted by Gasteiger charge is 2.32. The van der Waals surface area contributed by atoms with Crippen LogP contribution in [0.5, 0.6) is 5.75 Å². The summed E-state index contributed by atoms with van der Waals surface area (Å²) < 4.78 is 41.3. The topological polar surface area (TPSA) is 49.9 Å². The molecule has 0 spiro atoms. The molecule has 2 aromatic rings. The molecule has 7 heteroatoms. The summed E-state index contributed by atoms with van der Waals surface area (Å²) >= 11 is 0. The fourth-order valence-corrected chi connectivity index (χ4v) is 2.47. The second-order valence-electron chi connectivity index (χ2n) is 4.88. The number of ether oxygens (including phenoxy) is 1. The van der Waals surface area contributed by atoms with Gasteiger partial charge in [0.05, 0.1) is 17.9 Å². The number of halogens is 3. The van der Waals surface area contributed by atoms with E-state index < -0.39 is 6.36 Å². The van der Waals surface area contributed by atoms with Crippen molar-refractivity contribution in [1.29, 1.82) is 0 Å². The van der Waals surface area contributed by atoms with E-state index in [0.29, 0.717) is 11.3 Å². The van der Waals surface area contributed by atoms with Gasteiger partial charge in [-0.25, -0.2) is 4.98 Å². The first-order chi connectivity index (χ1) is 10.0. The molecule has 1 aliphatic heterocycles. The Bertz CT molecular complexity index is 618. The predicted molar refractivity (Wildman–Crippen MR) is 70.7 cm³/mol. The molecule has 1 atom stereocenters. The molecule has 1 aromatic carbocycles. The van der Waals surface area contributed by atoms with E-state index in [-0.39, 0.29) is 11.8 Å². The average Bonchev–Trinajstić information content (AvgIpc) is 3.08. The van der Waals surface area contributed by atoms with Gasteiger partial charge in [-0.1, -0.05) is 12.1 Å². The van der Waals surface area contributed by atoms with E-state index in [1.165, 1.54) is 18.3 Å². The van der Waals surface area contributed by atoms with Gasteiger partial charge in [0, 0.05) is 5.56 Å². The Morgan fingerprint density at radius 3 is 2.76 bits per heavy atom. The zero-order valence-electron chi connectivity index (χ0n) is 11.1. The summed E-state index contributed by atoms with van der Waals surface area (Å²) in [5.41, 5.74) is 0.852. The SMILES string of the molecule is FC(F)(F)Oc1ccccc1-c1cnc([C@@H]2CCCN2)[nH]1. The maximum atomic E-state index is 12.4. The largest absolute Gasteiger partial charge is 0.573 e. The summed E-state index contributed by atoms with van der Waals surface area (Å²) in [6.45, 7) is 0.925. The minimum Gasteiger partial charge on any atom is -0.405 e. The molecule has 1 aromatic heterocycles. The quantitative estimate of drug-likeness (QED) is 0.913. The molecule has 1 aliphatic rings. The molecule has 1 fully saturated rings. The van der Waals surface area contributed by atoms with Crippen LogP contribution in [-0.2, 0) is 0 Å². The molecule has 2 heterocycles. The highest BCUT2D eigenvalue weighted by atomic mass is 19.4. The van der Waals surface area contributed by atoms with Crippen molar-refractivity contribution in [3.05, 3.63) is 36.3 Å². The average molecular weight is 297 g/mol. The number of aromatic amines is 1. The molecule has 21 heavy (non-hydrogen) atoms. The number of rotatable bonds is 3. The van der Waals surface area contributed by atoms with E-state index in [2.05, 4.69) is 20.0 Å². The first-order valence-electron chi connectivity index (χ1n) is 6.66. The van der Waals surface area contributed by atoms with Crippen molar-refractivity contribution in [2.45, 2.75) is 25.2 Å². The van der Waals surface area contributed by atoms with Crippen LogP contribution in [0.15, 0.2) is 30.5 Å². The van der Waals surface area contributed by atoms with Gasteiger partial charge >= 0.3 is 6.36 Å². The Morgan fingerprint density at radius 2 is 2.05 bits per heavy atom. The van der Waals surface area contributed by atoms with Crippen LogP contribution in [0.1, 0.15) is 24.7 Å². The number of imidazole rings is 1. The third-order valence-electron chi connectivity index (χ3n) is 3.39. The summed E-state index contributed by atoms with van der Waals surface area (Å²) in [6, 6.07) is 6.15. The van der Waals surface area contributed by atoms with Crippen molar-refractivity contribution >= 4 is 0 Å². The molecule has 0 amide bonds. The standard InChI is InChI=1S/C14H14F3N3O/c15-14(16,17)21-12-6-2-1-4-9(12)11-8-19-13(20-11)10-5-3-7-18-10/h1-2,4,6,8,10,18H,3,5,7H2,(H,19,20)/t10-/m0/s1. The molecular weight excluding hydrogens is 283 g/mol. The molecule has 0 radical (unpaired) electrons. The Balaban J connectivity index is 1.90. The predicted octanol–water partition coefficient (Wildman–Crippen LogP) is 3.40. The monoisotopic (exact) mass is 297 g/mol. The number of para-hydroxylation sites is 1. The highest BCUT2D eigenvalue weighted by molar-refractivity contribution is 5.66. The second-order valence-corrected chi connectivity index (χ2v) is 4.88. The molecular formula is C14H14F3N3O. The van der Waals surface area contributed by atoms with Crippen molar-refractivity contribution < 1.29 is 17.9 Å². The Kier molecular flexibility index (Phi) is 3.59. The molecule has 3 rings (SSSR count). The van der Waals surface area contributed by atoms with Gasteiger partial charge in [-0.3, -0.25) is 0 Å². The summed E-state index contributed by atoms with van der Waals surface area (Å²) in [5, 5.41) is 3.29. The molecule has 2 N–H and O–H groups in total. The fraction of sp³-hybridized carbons (Fsp3) is 0.357. The van der Waals surface area contributed by atoms with Crippen LogP contribution in [0.3, 0.4) is 0 Å². The molecule has 112 valence electrons. The summed E-state index contributed by atoms with van der Waals surface area (Å²) in [4.78, 5) is 7.33. The number of H-pyrrole nitrogens is 1. The molecule has 0 bridgehead atoms. The molecule has 4 nitrogen and oxygen atoms in total. The van der Waals surface area contributed by atoms with E-state index >= 15 is 0 Å². The first kappa shape index (κ1) is 13.9. The van der Waals surface area contributed by atoms with Gasteiger partial charge in [-0.15, -0.1) is 13.2 Å². The lowest BCUT2D eigenvalue weighted by atomic mass is 10.1. The van der Waals surface area contributed by atoms with Crippen molar-refractivity contribution in [1.82, 2.24) is 15.3 Å².